The standard InChI is InChI=1S/6FH.Na.Nb/h6*1H;;/q;;;;;;+1;+5/p-6. The van der Waals surface area contributed by atoms with E-state index in [1.54, 1.807) is 0 Å². The summed E-state index contributed by atoms with van der Waals surface area (Å²) in [6.07, 6.45) is 0. The van der Waals surface area contributed by atoms with Crippen molar-refractivity contribution >= 4 is 0 Å². The van der Waals surface area contributed by atoms with Crippen molar-refractivity contribution in [2.24, 2.45) is 0 Å². The monoisotopic (exact) mass is 230 g/mol. The maximum atomic E-state index is 0. The number of rotatable bonds is 0. The first-order valence-electron chi connectivity index (χ1n) is 0. The molecule has 0 amide bonds. The Labute approximate surface area is 79.8 Å². The van der Waals surface area contributed by atoms with Gasteiger partial charge in [0, 0.05) is 0 Å². The van der Waals surface area contributed by atoms with Crippen molar-refractivity contribution in [1.82, 2.24) is 0 Å². The maximum Gasteiger partial charge on any atom is 5.00 e. The van der Waals surface area contributed by atoms with Crippen LogP contribution in [0.5, 0.6) is 0 Å². The molecule has 0 aromatic carbocycles. The summed E-state index contributed by atoms with van der Waals surface area (Å²) in [6.45, 7) is 0. The predicted molar refractivity (Wildman–Crippen MR) is 0 cm³/mol. The van der Waals surface area contributed by atoms with Gasteiger partial charge in [-0.25, -0.2) is 0 Å². The molecular weight excluding hydrogens is 230 g/mol. The molecule has 0 saturated heterocycles. The summed E-state index contributed by atoms with van der Waals surface area (Å²) in [4.78, 5) is 0. The second-order valence-electron chi connectivity index (χ2n) is 0. The van der Waals surface area contributed by atoms with E-state index in [1.165, 1.54) is 0 Å². The second-order valence-corrected chi connectivity index (χ2v) is 0. The quantitative estimate of drug-likeness (QED) is 0.286. The van der Waals surface area contributed by atoms with E-state index in [4.69, 9.17) is 0 Å². The molecule has 0 aromatic heterocycles. The molecule has 0 N–H and O–H groups in total. The van der Waals surface area contributed by atoms with Gasteiger partial charge in [0.25, 0.3) is 0 Å². The van der Waals surface area contributed by atoms with Crippen molar-refractivity contribution in [3.63, 3.8) is 0 Å². The number of hydrogen-bond donors (Lipinski definition) is 0. The fourth-order valence-corrected chi connectivity index (χ4v) is 0. The summed E-state index contributed by atoms with van der Waals surface area (Å²) in [6, 6.07) is 0. The fourth-order valence-electron chi connectivity index (χ4n) is 0. The van der Waals surface area contributed by atoms with Crippen LogP contribution in [0.2, 0.25) is 0 Å². The molecule has 0 nitrogen and oxygen atoms in total. The van der Waals surface area contributed by atoms with E-state index in [2.05, 4.69) is 0 Å². The molecule has 0 saturated carbocycles. The van der Waals surface area contributed by atoms with Crippen molar-refractivity contribution in [3.05, 3.63) is 0 Å². The van der Waals surface area contributed by atoms with Crippen LogP contribution in [0.4, 0.5) is 0 Å². The molecule has 0 aromatic rings. The zero-order valence-electron chi connectivity index (χ0n) is 3.72. The summed E-state index contributed by atoms with van der Waals surface area (Å²) < 4.78 is 0. The fraction of sp³-hybridized carbons (Fsp3) is 0. The average molecular weight is 230 g/mol. The smallest absolute Gasteiger partial charge is 1.00 e. The van der Waals surface area contributed by atoms with Crippen molar-refractivity contribution in [2.45, 2.75) is 0 Å². The van der Waals surface area contributed by atoms with Gasteiger partial charge in [0.05, 0.1) is 0 Å². The summed E-state index contributed by atoms with van der Waals surface area (Å²) in [5, 5.41) is 0. The van der Waals surface area contributed by atoms with Gasteiger partial charge in [-0.3, -0.25) is 0 Å². The third-order valence-corrected chi connectivity index (χ3v) is 0. The van der Waals surface area contributed by atoms with E-state index in [0.717, 1.165) is 0 Å². The average Bonchev–Trinajstić information content (AvgIpc) is 0. The Kier molecular flexibility index (Phi) is 11800. The van der Waals surface area contributed by atoms with Gasteiger partial charge >= 0.3 is 51.9 Å². The number of hydrogen-bond acceptors (Lipinski definition) is 0. The van der Waals surface area contributed by atoms with Crippen molar-refractivity contribution in [2.75, 3.05) is 0 Å². The van der Waals surface area contributed by atoms with Gasteiger partial charge in [-0.1, -0.05) is 0 Å². The van der Waals surface area contributed by atoms with Gasteiger partial charge in [0.2, 0.25) is 0 Å². The Morgan fingerprint density at radius 2 is 0.375 bits per heavy atom. The van der Waals surface area contributed by atoms with Crippen molar-refractivity contribution < 1.29 is 80.2 Å². The zero-order valence-corrected chi connectivity index (χ0v) is 7.91. The van der Waals surface area contributed by atoms with Gasteiger partial charge in [-0.15, -0.1) is 0 Å². The molecule has 0 heterocycles. The van der Waals surface area contributed by atoms with Crippen LogP contribution in [0.1, 0.15) is 0 Å². The van der Waals surface area contributed by atoms with E-state index in [0.29, 0.717) is 0 Å². The molecule has 0 fully saturated rings. The molecule has 0 rings (SSSR count). The van der Waals surface area contributed by atoms with Crippen molar-refractivity contribution in [1.29, 1.82) is 0 Å². The zero-order chi connectivity index (χ0) is 0. The van der Waals surface area contributed by atoms with E-state index in [9.17, 15) is 0 Å². The minimum Gasteiger partial charge on any atom is -1.00 e. The van der Waals surface area contributed by atoms with Gasteiger partial charge in [-0.05, 0) is 0 Å². The summed E-state index contributed by atoms with van der Waals surface area (Å²) >= 11 is 0. The Hall–Kier alpha value is 1.32. The molecule has 0 unspecified atom stereocenters. The third-order valence-electron chi connectivity index (χ3n) is 0. The van der Waals surface area contributed by atoms with Crippen LogP contribution in [0.15, 0.2) is 0 Å². The van der Waals surface area contributed by atoms with Gasteiger partial charge in [-0.2, -0.15) is 0 Å². The molecule has 0 bridgehead atoms. The van der Waals surface area contributed by atoms with Crippen LogP contribution >= 0.6 is 0 Å². The number of halogens is 6. The minimum absolute atomic E-state index is 0. The first kappa shape index (κ1) is 370. The molecule has 8 heteroatoms. The molecular formula is F6NaNb. The third kappa shape index (κ3) is 168. The summed E-state index contributed by atoms with van der Waals surface area (Å²) in [7, 11) is 0. The summed E-state index contributed by atoms with van der Waals surface area (Å²) in [5.74, 6) is 0. The first-order valence-corrected chi connectivity index (χ1v) is 0. The Morgan fingerprint density at radius 3 is 0.375 bits per heavy atom. The Balaban J connectivity index is 0. The maximum absolute atomic E-state index is 0. The molecule has 48 valence electrons. The molecule has 0 aliphatic heterocycles. The molecule has 0 spiro atoms. The summed E-state index contributed by atoms with van der Waals surface area (Å²) in [5.41, 5.74) is 0. The first-order chi connectivity index (χ1) is 0. The predicted octanol–water partition coefficient (Wildman–Crippen LogP) is -21.0. The van der Waals surface area contributed by atoms with E-state index < -0.39 is 0 Å². The molecule has 0 aliphatic carbocycles. The van der Waals surface area contributed by atoms with Crippen LogP contribution in [0, 0.1) is 0 Å². The Morgan fingerprint density at radius 1 is 0.375 bits per heavy atom. The molecule has 8 heavy (non-hydrogen) atoms. The van der Waals surface area contributed by atoms with Crippen LogP contribution in [-0.4, -0.2) is 0 Å². The van der Waals surface area contributed by atoms with E-state index in [1.807, 2.05) is 0 Å². The van der Waals surface area contributed by atoms with Crippen molar-refractivity contribution in [3.8, 4) is 0 Å². The SMILES string of the molecule is [F-].[F-].[F-].[F-].[F-].[F-].[Na+].[Nb+5]. The van der Waals surface area contributed by atoms with Crippen LogP contribution in [0.3, 0.4) is 0 Å². The van der Waals surface area contributed by atoms with E-state index in [-0.39, 0.29) is 80.2 Å². The minimum atomic E-state index is 0. The normalized spacial score (nSPS) is 0. The van der Waals surface area contributed by atoms with Crippen LogP contribution < -0.4 is 57.8 Å². The Bertz CT molecular complexity index is 8.49. The van der Waals surface area contributed by atoms with Crippen LogP contribution in [0.25, 0.3) is 0 Å². The molecule has 0 radical (unpaired) electrons. The molecule has 0 aliphatic rings. The molecule has 0 atom stereocenters. The largest absolute Gasteiger partial charge is 5.00 e. The van der Waals surface area contributed by atoms with Gasteiger partial charge < -0.3 is 28.2 Å². The van der Waals surface area contributed by atoms with E-state index >= 15 is 0 Å². The topological polar surface area (TPSA) is 0 Å². The second kappa shape index (κ2) is 256. The van der Waals surface area contributed by atoms with Gasteiger partial charge in [0.1, 0.15) is 0 Å². The van der Waals surface area contributed by atoms with Crippen LogP contribution in [-0.2, 0) is 22.4 Å². The van der Waals surface area contributed by atoms with Gasteiger partial charge in [0.15, 0.2) is 0 Å².